The highest BCUT2D eigenvalue weighted by Gasteiger charge is 2.19. The van der Waals surface area contributed by atoms with Crippen LogP contribution in [0.3, 0.4) is 0 Å². The van der Waals surface area contributed by atoms with E-state index in [1.807, 2.05) is 24.3 Å². The molecule has 0 atom stereocenters. The molecule has 1 heterocycles. The minimum Gasteiger partial charge on any atom is -0.255 e. The Morgan fingerprint density at radius 3 is 2.28 bits per heavy atom. The summed E-state index contributed by atoms with van der Waals surface area (Å²) < 4.78 is 12.9. The minimum absolute atomic E-state index is 0.164. The van der Waals surface area contributed by atoms with E-state index < -0.39 is 0 Å². The zero-order valence-corrected chi connectivity index (χ0v) is 15.3. The number of piperidine rings is 1. The Labute approximate surface area is 155 Å². The smallest absolute Gasteiger partial charge is 0.123 e. The van der Waals surface area contributed by atoms with Crippen LogP contribution < -0.4 is 5.43 Å². The van der Waals surface area contributed by atoms with Crippen LogP contribution >= 0.6 is 11.6 Å². The molecular formula is C21H26ClFN2. The lowest BCUT2D eigenvalue weighted by Gasteiger charge is -2.32. The number of rotatable bonds is 7. The van der Waals surface area contributed by atoms with Crippen molar-refractivity contribution in [2.24, 2.45) is 5.92 Å². The van der Waals surface area contributed by atoms with Gasteiger partial charge in [-0.2, -0.15) is 0 Å². The van der Waals surface area contributed by atoms with Gasteiger partial charge in [-0.25, -0.2) is 9.40 Å². The molecule has 2 aromatic carbocycles. The van der Waals surface area contributed by atoms with Crippen molar-refractivity contribution < 1.29 is 4.39 Å². The van der Waals surface area contributed by atoms with Gasteiger partial charge in [-0.3, -0.25) is 5.43 Å². The van der Waals surface area contributed by atoms with Crippen LogP contribution in [0.15, 0.2) is 48.5 Å². The van der Waals surface area contributed by atoms with E-state index in [-0.39, 0.29) is 5.82 Å². The minimum atomic E-state index is -0.164. The van der Waals surface area contributed by atoms with E-state index in [9.17, 15) is 4.39 Å². The Bertz CT molecular complexity index is 631. The maximum Gasteiger partial charge on any atom is 0.123 e. The van der Waals surface area contributed by atoms with Crippen molar-refractivity contribution in [2.45, 2.75) is 32.1 Å². The van der Waals surface area contributed by atoms with Gasteiger partial charge in [0.15, 0.2) is 0 Å². The van der Waals surface area contributed by atoms with Crippen molar-refractivity contribution in [3.05, 3.63) is 70.5 Å². The van der Waals surface area contributed by atoms with Gasteiger partial charge < -0.3 is 0 Å². The molecule has 4 heteroatoms. The molecule has 1 N–H and O–H groups in total. The quantitative estimate of drug-likeness (QED) is 0.708. The summed E-state index contributed by atoms with van der Waals surface area (Å²) in [7, 11) is 0. The maximum absolute atomic E-state index is 12.9. The molecule has 0 spiro atoms. The van der Waals surface area contributed by atoms with Gasteiger partial charge in [0, 0.05) is 24.7 Å². The second-order valence-corrected chi connectivity index (χ2v) is 7.34. The fourth-order valence-electron chi connectivity index (χ4n) is 3.43. The van der Waals surface area contributed by atoms with E-state index >= 15 is 0 Å². The van der Waals surface area contributed by atoms with Gasteiger partial charge in [-0.15, -0.1) is 0 Å². The van der Waals surface area contributed by atoms with Crippen LogP contribution in [0, 0.1) is 11.7 Å². The van der Waals surface area contributed by atoms with Crippen molar-refractivity contribution in [1.82, 2.24) is 10.4 Å². The number of nitrogens with one attached hydrogen (secondary N) is 1. The molecular weight excluding hydrogens is 335 g/mol. The summed E-state index contributed by atoms with van der Waals surface area (Å²) in [5, 5.41) is 3.16. The molecule has 0 aliphatic carbocycles. The molecule has 134 valence electrons. The van der Waals surface area contributed by atoms with Crippen molar-refractivity contribution in [3.8, 4) is 0 Å². The lowest BCUT2D eigenvalue weighted by atomic mass is 9.91. The number of benzene rings is 2. The Morgan fingerprint density at radius 1 is 0.960 bits per heavy atom. The number of halogens is 2. The zero-order valence-electron chi connectivity index (χ0n) is 14.6. The van der Waals surface area contributed by atoms with E-state index in [0.717, 1.165) is 49.8 Å². The summed E-state index contributed by atoms with van der Waals surface area (Å²) in [5.74, 6) is 0.599. The molecule has 0 saturated carbocycles. The fraction of sp³-hybridized carbons (Fsp3) is 0.429. The highest BCUT2D eigenvalue weighted by molar-refractivity contribution is 6.30. The number of aryl methyl sites for hydroxylation is 1. The third-order valence-corrected chi connectivity index (χ3v) is 5.20. The topological polar surface area (TPSA) is 15.3 Å². The van der Waals surface area contributed by atoms with Crippen LogP contribution in [-0.4, -0.2) is 24.6 Å². The first-order chi connectivity index (χ1) is 12.2. The SMILES string of the molecule is Fc1ccc(CCCNN2CCC(Cc3ccc(Cl)cc3)CC2)cc1. The third-order valence-electron chi connectivity index (χ3n) is 4.94. The van der Waals surface area contributed by atoms with E-state index in [1.165, 1.54) is 36.1 Å². The summed E-state index contributed by atoms with van der Waals surface area (Å²) in [4.78, 5) is 0. The van der Waals surface area contributed by atoms with Crippen molar-refractivity contribution >= 4 is 11.6 Å². The van der Waals surface area contributed by atoms with Crippen LogP contribution in [-0.2, 0) is 12.8 Å². The average Bonchev–Trinajstić information content (AvgIpc) is 2.63. The van der Waals surface area contributed by atoms with Crippen LogP contribution in [0.25, 0.3) is 0 Å². The first kappa shape index (κ1) is 18.4. The van der Waals surface area contributed by atoms with Gasteiger partial charge in [-0.1, -0.05) is 35.9 Å². The maximum atomic E-state index is 12.9. The van der Waals surface area contributed by atoms with Crippen LogP contribution in [0.1, 0.15) is 30.4 Å². The Balaban J connectivity index is 1.31. The molecule has 0 unspecified atom stereocenters. The summed E-state index contributed by atoms with van der Waals surface area (Å²) >= 11 is 5.95. The molecule has 0 amide bonds. The fourth-order valence-corrected chi connectivity index (χ4v) is 3.56. The molecule has 1 aliphatic rings. The van der Waals surface area contributed by atoms with Crippen LogP contribution in [0.4, 0.5) is 4.39 Å². The lowest BCUT2D eigenvalue weighted by molar-refractivity contribution is 0.124. The van der Waals surface area contributed by atoms with E-state index in [2.05, 4.69) is 22.6 Å². The van der Waals surface area contributed by atoms with E-state index in [4.69, 9.17) is 11.6 Å². The second kappa shape index (κ2) is 9.33. The van der Waals surface area contributed by atoms with Gasteiger partial charge >= 0.3 is 0 Å². The second-order valence-electron chi connectivity index (χ2n) is 6.90. The molecule has 0 aromatic heterocycles. The van der Waals surface area contributed by atoms with Crippen molar-refractivity contribution in [2.75, 3.05) is 19.6 Å². The highest BCUT2D eigenvalue weighted by atomic mass is 35.5. The molecule has 0 bridgehead atoms. The Morgan fingerprint density at radius 2 is 1.60 bits per heavy atom. The van der Waals surface area contributed by atoms with Gasteiger partial charge in [0.1, 0.15) is 5.82 Å². The number of nitrogens with zero attached hydrogens (tertiary/aromatic N) is 1. The highest BCUT2D eigenvalue weighted by Crippen LogP contribution is 2.21. The van der Waals surface area contributed by atoms with Crippen molar-refractivity contribution in [1.29, 1.82) is 0 Å². The normalized spacial score (nSPS) is 16.2. The summed E-state index contributed by atoms with van der Waals surface area (Å²) in [6.45, 7) is 3.18. The summed E-state index contributed by atoms with van der Waals surface area (Å²) in [5.41, 5.74) is 6.12. The van der Waals surface area contributed by atoms with Gasteiger partial charge in [-0.05, 0) is 73.4 Å². The number of hydrogen-bond donors (Lipinski definition) is 1. The third kappa shape index (κ3) is 6.10. The first-order valence-corrected chi connectivity index (χ1v) is 9.54. The van der Waals surface area contributed by atoms with Gasteiger partial charge in [0.05, 0.1) is 0 Å². The van der Waals surface area contributed by atoms with Gasteiger partial charge in [0.25, 0.3) is 0 Å². The zero-order chi connectivity index (χ0) is 17.5. The summed E-state index contributed by atoms with van der Waals surface area (Å²) in [6, 6.07) is 15.1. The molecule has 1 saturated heterocycles. The number of hydrogen-bond acceptors (Lipinski definition) is 2. The van der Waals surface area contributed by atoms with Crippen LogP contribution in [0.5, 0.6) is 0 Å². The Hall–Kier alpha value is -1.42. The monoisotopic (exact) mass is 360 g/mol. The van der Waals surface area contributed by atoms with E-state index in [1.54, 1.807) is 0 Å². The molecule has 25 heavy (non-hydrogen) atoms. The molecule has 2 nitrogen and oxygen atoms in total. The predicted octanol–water partition coefficient (Wildman–Crippen LogP) is 4.87. The summed E-state index contributed by atoms with van der Waals surface area (Å²) in [6.07, 6.45) is 5.66. The number of hydrazine groups is 1. The molecule has 0 radical (unpaired) electrons. The molecule has 3 rings (SSSR count). The molecule has 2 aromatic rings. The average molecular weight is 361 g/mol. The largest absolute Gasteiger partial charge is 0.255 e. The molecule has 1 fully saturated rings. The van der Waals surface area contributed by atoms with Crippen LogP contribution in [0.2, 0.25) is 5.02 Å². The van der Waals surface area contributed by atoms with Crippen molar-refractivity contribution in [3.63, 3.8) is 0 Å². The Kier molecular flexibility index (Phi) is 6.85. The van der Waals surface area contributed by atoms with E-state index in [0.29, 0.717) is 0 Å². The first-order valence-electron chi connectivity index (χ1n) is 9.16. The predicted molar refractivity (Wildman–Crippen MR) is 102 cm³/mol. The standard InChI is InChI=1S/C21H26ClFN2/c22-20-7-3-18(4-8-20)16-19-11-14-25(15-12-19)24-13-1-2-17-5-9-21(23)10-6-17/h3-10,19,24H,1-2,11-16H2. The lowest BCUT2D eigenvalue weighted by Crippen LogP contribution is -2.44. The molecule has 1 aliphatic heterocycles. The van der Waals surface area contributed by atoms with Gasteiger partial charge in [0.2, 0.25) is 0 Å².